The van der Waals surface area contributed by atoms with E-state index in [4.69, 9.17) is 4.74 Å². The second-order valence-electron chi connectivity index (χ2n) is 6.40. The number of ether oxygens (including phenoxy) is 1. The summed E-state index contributed by atoms with van der Waals surface area (Å²) in [5, 5.41) is 4.22. The van der Waals surface area contributed by atoms with Crippen LogP contribution in [0.4, 0.5) is 0 Å². The second kappa shape index (κ2) is 6.79. The summed E-state index contributed by atoms with van der Waals surface area (Å²) in [4.78, 5) is 17.1. The molecular weight excluding hydrogens is 280 g/mol. The summed E-state index contributed by atoms with van der Waals surface area (Å²) in [5.41, 5.74) is 1.09. The van der Waals surface area contributed by atoms with Crippen molar-refractivity contribution in [1.82, 2.24) is 19.6 Å². The molecule has 0 radical (unpaired) electrons. The molecule has 0 N–H and O–H groups in total. The largest absolute Gasteiger partial charge is 0.379 e. The van der Waals surface area contributed by atoms with Gasteiger partial charge in [-0.15, -0.1) is 0 Å². The number of amides is 1. The second-order valence-corrected chi connectivity index (χ2v) is 6.40. The first-order chi connectivity index (χ1) is 10.7. The normalized spacial score (nSPS) is 26.5. The Balaban J connectivity index is 1.61. The van der Waals surface area contributed by atoms with Crippen LogP contribution in [0.5, 0.6) is 0 Å². The third-order valence-corrected chi connectivity index (χ3v) is 4.86. The molecule has 22 heavy (non-hydrogen) atoms. The lowest BCUT2D eigenvalue weighted by molar-refractivity contribution is -0.131. The molecule has 1 aromatic rings. The zero-order valence-corrected chi connectivity index (χ0v) is 13.6. The predicted molar refractivity (Wildman–Crippen MR) is 83.5 cm³/mol. The fraction of sp³-hybridized carbons (Fsp3) is 0.750. The van der Waals surface area contributed by atoms with E-state index in [2.05, 4.69) is 16.9 Å². The van der Waals surface area contributed by atoms with E-state index < -0.39 is 0 Å². The topological polar surface area (TPSA) is 50.6 Å². The molecule has 2 aliphatic heterocycles. The summed E-state index contributed by atoms with van der Waals surface area (Å²) in [6.07, 6.45) is 4.83. The minimum Gasteiger partial charge on any atom is -0.379 e. The average Bonchev–Trinajstić information content (AvgIpc) is 3.14. The molecule has 1 aromatic heterocycles. The number of hydrogen-bond donors (Lipinski definition) is 0. The summed E-state index contributed by atoms with van der Waals surface area (Å²) in [6.45, 7) is 9.88. The van der Waals surface area contributed by atoms with Gasteiger partial charge in [0.2, 0.25) is 5.91 Å². The molecule has 2 aliphatic rings. The van der Waals surface area contributed by atoms with Crippen LogP contribution in [-0.4, -0.2) is 70.9 Å². The first-order valence-electron chi connectivity index (χ1n) is 8.26. The third-order valence-electron chi connectivity index (χ3n) is 4.86. The van der Waals surface area contributed by atoms with Crippen LogP contribution in [0, 0.1) is 12.8 Å². The van der Waals surface area contributed by atoms with E-state index in [0.717, 1.165) is 51.4 Å². The number of carbonyl (C=O) groups is 1. The number of nitrogens with zero attached hydrogens (tertiary/aromatic N) is 4. The molecule has 122 valence electrons. The van der Waals surface area contributed by atoms with E-state index in [1.54, 1.807) is 10.9 Å². The van der Waals surface area contributed by atoms with Crippen molar-refractivity contribution in [3.8, 4) is 0 Å². The lowest BCUT2D eigenvalue weighted by Gasteiger charge is -2.34. The minimum atomic E-state index is 0.178. The molecule has 2 saturated heterocycles. The SMILES string of the molecule is CC[C@H]1CN(C(=O)Cn2cc(C)cn2)C[C@H]1N1CCOCC1. The van der Waals surface area contributed by atoms with Gasteiger partial charge in [-0.1, -0.05) is 13.3 Å². The number of aryl methyl sites for hydroxylation is 1. The zero-order chi connectivity index (χ0) is 15.5. The summed E-state index contributed by atoms with van der Waals surface area (Å²) in [7, 11) is 0. The molecule has 2 atom stereocenters. The predicted octanol–water partition coefficient (Wildman–Crippen LogP) is 0.761. The van der Waals surface area contributed by atoms with Gasteiger partial charge in [-0.25, -0.2) is 0 Å². The van der Waals surface area contributed by atoms with Gasteiger partial charge in [-0.2, -0.15) is 5.10 Å². The molecule has 0 saturated carbocycles. The molecule has 3 rings (SSSR count). The lowest BCUT2D eigenvalue weighted by atomic mass is 9.99. The molecule has 2 fully saturated rings. The Morgan fingerprint density at radius 3 is 2.77 bits per heavy atom. The Bertz CT molecular complexity index is 510. The van der Waals surface area contributed by atoms with Crippen LogP contribution in [0.1, 0.15) is 18.9 Å². The van der Waals surface area contributed by atoms with Crippen LogP contribution in [-0.2, 0) is 16.1 Å². The van der Waals surface area contributed by atoms with Gasteiger partial charge in [0.05, 0.1) is 19.4 Å². The fourth-order valence-electron chi connectivity index (χ4n) is 3.57. The summed E-state index contributed by atoms with van der Waals surface area (Å²) >= 11 is 0. The van der Waals surface area contributed by atoms with E-state index in [9.17, 15) is 4.79 Å². The van der Waals surface area contributed by atoms with Crippen molar-refractivity contribution in [2.75, 3.05) is 39.4 Å². The van der Waals surface area contributed by atoms with Crippen molar-refractivity contribution in [2.24, 2.45) is 5.92 Å². The molecule has 3 heterocycles. The smallest absolute Gasteiger partial charge is 0.244 e. The van der Waals surface area contributed by atoms with Gasteiger partial charge in [-0.3, -0.25) is 14.4 Å². The van der Waals surface area contributed by atoms with E-state index in [-0.39, 0.29) is 5.91 Å². The van der Waals surface area contributed by atoms with E-state index in [1.165, 1.54) is 0 Å². The number of rotatable bonds is 4. The van der Waals surface area contributed by atoms with Crippen molar-refractivity contribution in [2.45, 2.75) is 32.9 Å². The standard InChI is InChI=1S/C16H26N4O2/c1-3-14-10-19(11-15(14)18-4-6-22-7-5-18)16(21)12-20-9-13(2)8-17-20/h8-9,14-15H,3-7,10-12H2,1-2H3/t14-,15+/m0/s1. The summed E-state index contributed by atoms with van der Waals surface area (Å²) in [5.74, 6) is 0.749. The highest BCUT2D eigenvalue weighted by Crippen LogP contribution is 2.25. The highest BCUT2D eigenvalue weighted by molar-refractivity contribution is 5.76. The van der Waals surface area contributed by atoms with Gasteiger partial charge in [0.1, 0.15) is 6.54 Å². The van der Waals surface area contributed by atoms with Crippen molar-refractivity contribution in [3.63, 3.8) is 0 Å². The van der Waals surface area contributed by atoms with Crippen LogP contribution < -0.4 is 0 Å². The quantitative estimate of drug-likeness (QED) is 0.824. The number of hydrogen-bond acceptors (Lipinski definition) is 4. The van der Waals surface area contributed by atoms with Gasteiger partial charge >= 0.3 is 0 Å². The van der Waals surface area contributed by atoms with Crippen molar-refractivity contribution < 1.29 is 9.53 Å². The number of aromatic nitrogens is 2. The zero-order valence-electron chi connectivity index (χ0n) is 13.6. The van der Waals surface area contributed by atoms with Gasteiger partial charge in [0.25, 0.3) is 0 Å². The van der Waals surface area contributed by atoms with Crippen molar-refractivity contribution in [3.05, 3.63) is 18.0 Å². The third kappa shape index (κ3) is 3.33. The van der Waals surface area contributed by atoms with E-state index in [0.29, 0.717) is 18.5 Å². The Labute approximate surface area is 132 Å². The average molecular weight is 306 g/mol. The molecule has 0 aromatic carbocycles. The molecule has 0 unspecified atom stereocenters. The first kappa shape index (κ1) is 15.5. The Morgan fingerprint density at radius 1 is 1.36 bits per heavy atom. The minimum absolute atomic E-state index is 0.178. The number of carbonyl (C=O) groups excluding carboxylic acids is 1. The molecular formula is C16H26N4O2. The molecule has 0 spiro atoms. The summed E-state index contributed by atoms with van der Waals surface area (Å²) < 4.78 is 7.19. The highest BCUT2D eigenvalue weighted by atomic mass is 16.5. The Hall–Kier alpha value is -1.40. The maximum atomic E-state index is 12.5. The Morgan fingerprint density at radius 2 is 2.14 bits per heavy atom. The summed E-state index contributed by atoms with van der Waals surface area (Å²) in [6, 6.07) is 0.484. The van der Waals surface area contributed by atoms with Gasteiger partial charge in [-0.05, 0) is 18.4 Å². The fourth-order valence-corrected chi connectivity index (χ4v) is 3.57. The van der Waals surface area contributed by atoms with Crippen LogP contribution in [0.25, 0.3) is 0 Å². The maximum absolute atomic E-state index is 12.5. The van der Waals surface area contributed by atoms with Crippen LogP contribution >= 0.6 is 0 Å². The molecule has 1 amide bonds. The lowest BCUT2D eigenvalue weighted by Crippen LogP contribution is -2.47. The maximum Gasteiger partial charge on any atom is 0.244 e. The van der Waals surface area contributed by atoms with Crippen LogP contribution in [0.15, 0.2) is 12.4 Å². The highest BCUT2D eigenvalue weighted by Gasteiger charge is 2.37. The van der Waals surface area contributed by atoms with Crippen molar-refractivity contribution in [1.29, 1.82) is 0 Å². The van der Waals surface area contributed by atoms with E-state index in [1.807, 2.05) is 18.0 Å². The monoisotopic (exact) mass is 306 g/mol. The van der Waals surface area contributed by atoms with Crippen LogP contribution in [0.3, 0.4) is 0 Å². The number of likely N-dealkylation sites (tertiary alicyclic amines) is 1. The molecule has 0 aliphatic carbocycles. The van der Waals surface area contributed by atoms with Gasteiger partial charge in [0, 0.05) is 38.4 Å². The first-order valence-corrected chi connectivity index (χ1v) is 8.26. The molecule has 6 heteroatoms. The Kier molecular flexibility index (Phi) is 4.78. The van der Waals surface area contributed by atoms with Crippen molar-refractivity contribution >= 4 is 5.91 Å². The molecule has 6 nitrogen and oxygen atoms in total. The van der Waals surface area contributed by atoms with E-state index >= 15 is 0 Å². The van der Waals surface area contributed by atoms with Crippen LogP contribution in [0.2, 0.25) is 0 Å². The molecule has 0 bridgehead atoms. The van der Waals surface area contributed by atoms with Gasteiger partial charge in [0.15, 0.2) is 0 Å². The number of morpholine rings is 1. The van der Waals surface area contributed by atoms with Gasteiger partial charge < -0.3 is 9.64 Å².